The lowest BCUT2D eigenvalue weighted by atomic mass is 9.70. The van der Waals surface area contributed by atoms with Gasteiger partial charge in [0.25, 0.3) is 5.91 Å². The monoisotopic (exact) mass is 707 g/mol. The van der Waals surface area contributed by atoms with Crippen molar-refractivity contribution in [1.82, 2.24) is 10.2 Å². The number of alkyl halides is 1. The molecule has 1 aromatic carbocycles. The van der Waals surface area contributed by atoms with Crippen LogP contribution in [0.15, 0.2) is 43.5 Å². The number of fused-ring (bicyclic) bond motifs is 1. The summed E-state index contributed by atoms with van der Waals surface area (Å²) in [5, 5.41) is 13.6. The molecule has 0 aromatic heterocycles. The number of amides is 3. The number of nitrogens with zero attached hydrogens (tertiary/aromatic N) is 2. The third kappa shape index (κ3) is 6.46. The second-order valence-electron chi connectivity index (χ2n) is 12.4. The Balaban J connectivity index is 1.72. The highest BCUT2D eigenvalue weighted by atomic mass is 79.9. The van der Waals surface area contributed by atoms with Gasteiger partial charge in [0.15, 0.2) is 0 Å². The normalized spacial score (nSPS) is 28.0. The number of ether oxygens (including phenoxy) is 2. The zero-order valence-corrected chi connectivity index (χ0v) is 28.6. The molecule has 3 heterocycles. The highest BCUT2D eigenvalue weighted by molar-refractivity contribution is 9.09. The van der Waals surface area contributed by atoms with E-state index in [1.807, 2.05) is 26.8 Å². The highest BCUT2D eigenvalue weighted by Gasteiger charge is 2.77. The Kier molecular flexibility index (Phi) is 11.2. The summed E-state index contributed by atoms with van der Waals surface area (Å²) in [6, 6.07) is 3.45. The number of nitrogens with one attached hydrogen (secondary N) is 1. The smallest absolute Gasteiger partial charge is 0.312 e. The van der Waals surface area contributed by atoms with Crippen molar-refractivity contribution < 1.29 is 33.8 Å². The van der Waals surface area contributed by atoms with Crippen molar-refractivity contribution in [2.24, 2.45) is 17.8 Å². The maximum absolute atomic E-state index is 14.8. The van der Waals surface area contributed by atoms with Crippen LogP contribution >= 0.6 is 27.5 Å². The standard InChI is InChI=1S/C33H43BrClN3O7/c1-7-9-13-24(40)36-16-20(6)44-32(43)25-26-30(41)38(23(17-39)18(3)4)29(33(26)15-21(34)28(25)45-33)31(42)37(14-8-2)27-19(5)11-10-12-22(27)35/h7-8,10-12,18,20-21,23,25-26,28-29,39H,1-2,9,13-17H2,3-6H3,(H,36,40)/t20-,21?,23+,25+,26-,28+,29+,33-/m1/s1. The molecular formula is C33H43BrClN3O7. The average molecular weight is 709 g/mol. The average Bonchev–Trinajstić information content (AvgIpc) is 3.57. The van der Waals surface area contributed by atoms with Crippen LogP contribution in [0.2, 0.25) is 5.02 Å². The van der Waals surface area contributed by atoms with Gasteiger partial charge in [-0.3, -0.25) is 19.2 Å². The molecule has 0 radical (unpaired) electrons. The van der Waals surface area contributed by atoms with Gasteiger partial charge in [0, 0.05) is 17.8 Å². The van der Waals surface area contributed by atoms with Crippen LogP contribution in [0.5, 0.6) is 0 Å². The van der Waals surface area contributed by atoms with Gasteiger partial charge in [-0.15, -0.1) is 13.2 Å². The van der Waals surface area contributed by atoms with E-state index in [0.29, 0.717) is 23.6 Å². The Hall–Kier alpha value is -2.73. The van der Waals surface area contributed by atoms with E-state index in [4.69, 9.17) is 21.1 Å². The van der Waals surface area contributed by atoms with Crippen LogP contribution in [0, 0.1) is 24.7 Å². The highest BCUT2D eigenvalue weighted by Crippen LogP contribution is 2.61. The van der Waals surface area contributed by atoms with E-state index in [-0.39, 0.29) is 42.8 Å². The van der Waals surface area contributed by atoms with Crippen molar-refractivity contribution in [3.8, 4) is 0 Å². The molecule has 3 aliphatic heterocycles. The lowest BCUT2D eigenvalue weighted by Gasteiger charge is -2.40. The topological polar surface area (TPSA) is 125 Å². The number of halogens is 2. The summed E-state index contributed by atoms with van der Waals surface area (Å²) in [5.74, 6) is -3.94. The molecule has 3 saturated heterocycles. The van der Waals surface area contributed by atoms with Crippen molar-refractivity contribution in [1.29, 1.82) is 0 Å². The molecule has 3 fully saturated rings. The molecule has 1 spiro atoms. The number of carbonyl (C=O) groups excluding carboxylic acids is 4. The van der Waals surface area contributed by atoms with E-state index in [1.165, 1.54) is 9.80 Å². The Labute approximate surface area is 278 Å². The molecule has 2 N–H and O–H groups in total. The number of hydrogen-bond acceptors (Lipinski definition) is 7. The van der Waals surface area contributed by atoms with Crippen molar-refractivity contribution in [2.75, 3.05) is 24.6 Å². The number of esters is 1. The van der Waals surface area contributed by atoms with Crippen LogP contribution in [0.3, 0.4) is 0 Å². The fourth-order valence-corrected chi connectivity index (χ4v) is 8.29. The number of anilines is 1. The first-order chi connectivity index (χ1) is 21.3. The van der Waals surface area contributed by atoms with Crippen LogP contribution in [0.4, 0.5) is 5.69 Å². The number of allylic oxidation sites excluding steroid dienone is 1. The largest absolute Gasteiger partial charge is 0.460 e. The number of aryl methyl sites for hydroxylation is 1. The predicted octanol–water partition coefficient (Wildman–Crippen LogP) is 3.95. The summed E-state index contributed by atoms with van der Waals surface area (Å²) in [5.41, 5.74) is -0.119. The van der Waals surface area contributed by atoms with Gasteiger partial charge in [0.05, 0.1) is 47.8 Å². The maximum Gasteiger partial charge on any atom is 0.312 e. The number of benzene rings is 1. The van der Waals surface area contributed by atoms with E-state index < -0.39 is 59.5 Å². The van der Waals surface area contributed by atoms with Gasteiger partial charge < -0.3 is 29.7 Å². The summed E-state index contributed by atoms with van der Waals surface area (Å²) in [4.78, 5) is 57.8. The molecule has 10 nitrogen and oxygen atoms in total. The van der Waals surface area contributed by atoms with Gasteiger partial charge in [-0.25, -0.2) is 0 Å². The van der Waals surface area contributed by atoms with Crippen molar-refractivity contribution in [3.63, 3.8) is 0 Å². The molecule has 4 rings (SSSR count). The quantitative estimate of drug-likeness (QED) is 0.170. The first-order valence-electron chi connectivity index (χ1n) is 15.3. The molecule has 3 amide bonds. The molecule has 3 aliphatic rings. The second-order valence-corrected chi connectivity index (χ2v) is 14.0. The zero-order valence-electron chi connectivity index (χ0n) is 26.2. The van der Waals surface area contributed by atoms with E-state index in [0.717, 1.165) is 5.56 Å². The van der Waals surface area contributed by atoms with Crippen LogP contribution < -0.4 is 10.2 Å². The lowest BCUT2D eigenvalue weighted by Crippen LogP contribution is -2.60. The Morgan fingerprint density at radius 1 is 1.29 bits per heavy atom. The molecule has 1 unspecified atom stereocenters. The fourth-order valence-electron chi connectivity index (χ4n) is 7.02. The Bertz CT molecular complexity index is 1320. The molecule has 8 atom stereocenters. The summed E-state index contributed by atoms with van der Waals surface area (Å²) in [6.07, 6.45) is 2.93. The minimum absolute atomic E-state index is 0.0995. The third-order valence-electron chi connectivity index (χ3n) is 9.06. The van der Waals surface area contributed by atoms with Gasteiger partial charge in [-0.1, -0.05) is 65.7 Å². The van der Waals surface area contributed by atoms with Gasteiger partial charge in [-0.05, 0) is 44.2 Å². The number of aliphatic hydroxyl groups excluding tert-OH is 1. The maximum atomic E-state index is 14.8. The fraction of sp³-hybridized carbons (Fsp3) is 0.576. The van der Waals surface area contributed by atoms with E-state index in [1.54, 1.807) is 31.2 Å². The van der Waals surface area contributed by atoms with Gasteiger partial charge >= 0.3 is 5.97 Å². The van der Waals surface area contributed by atoms with E-state index in [2.05, 4.69) is 34.4 Å². The van der Waals surface area contributed by atoms with Crippen LogP contribution in [-0.4, -0.2) is 88.1 Å². The van der Waals surface area contributed by atoms with Gasteiger partial charge in [0.1, 0.15) is 17.7 Å². The molecule has 45 heavy (non-hydrogen) atoms. The molecule has 2 bridgehead atoms. The third-order valence-corrected chi connectivity index (χ3v) is 10.2. The summed E-state index contributed by atoms with van der Waals surface area (Å²) in [6.45, 7) is 14.5. The number of likely N-dealkylation sites (tertiary alicyclic amines) is 1. The molecule has 246 valence electrons. The van der Waals surface area contributed by atoms with Crippen LogP contribution in [-0.2, 0) is 28.7 Å². The number of aliphatic hydroxyl groups is 1. The molecule has 0 saturated carbocycles. The Morgan fingerprint density at radius 3 is 2.60 bits per heavy atom. The summed E-state index contributed by atoms with van der Waals surface area (Å²) >= 11 is 10.3. The predicted molar refractivity (Wildman–Crippen MR) is 175 cm³/mol. The summed E-state index contributed by atoms with van der Waals surface area (Å²) in [7, 11) is 0. The minimum Gasteiger partial charge on any atom is -0.460 e. The minimum atomic E-state index is -1.37. The van der Waals surface area contributed by atoms with Gasteiger partial charge in [0.2, 0.25) is 11.8 Å². The van der Waals surface area contributed by atoms with Gasteiger partial charge in [-0.2, -0.15) is 0 Å². The summed E-state index contributed by atoms with van der Waals surface area (Å²) < 4.78 is 12.4. The first kappa shape index (κ1) is 35.1. The van der Waals surface area contributed by atoms with E-state index >= 15 is 0 Å². The van der Waals surface area contributed by atoms with Crippen LogP contribution in [0.1, 0.15) is 45.6 Å². The number of carbonyl (C=O) groups is 4. The van der Waals surface area contributed by atoms with E-state index in [9.17, 15) is 24.3 Å². The number of rotatable bonds is 14. The molecule has 0 aliphatic carbocycles. The van der Waals surface area contributed by atoms with Crippen molar-refractivity contribution >= 4 is 56.9 Å². The molecule has 1 aromatic rings. The SMILES string of the molecule is C=CCCC(=O)NC[C@@H](C)OC(=O)[C@@H]1[C@H]2O[C@@]3(CC2Br)[C@H](C(=O)N(CC=C)c2c(C)cccc2Cl)N([C@@H](CO)C(C)C)C(=O)[C@@H]13. The van der Waals surface area contributed by atoms with Crippen molar-refractivity contribution in [3.05, 3.63) is 54.1 Å². The first-order valence-corrected chi connectivity index (χ1v) is 16.6. The van der Waals surface area contributed by atoms with Crippen LogP contribution in [0.25, 0.3) is 0 Å². The Morgan fingerprint density at radius 2 is 2.00 bits per heavy atom. The lowest BCUT2D eigenvalue weighted by molar-refractivity contribution is -0.159. The second kappa shape index (κ2) is 14.4. The zero-order chi connectivity index (χ0) is 33.2. The van der Waals surface area contributed by atoms with Crippen molar-refractivity contribution in [2.45, 2.75) is 81.7 Å². The number of para-hydroxylation sites is 1. The molecular weight excluding hydrogens is 666 g/mol. The number of hydrogen-bond donors (Lipinski definition) is 2. The molecule has 12 heteroatoms.